The number of carbonyl (C=O) groups is 2. The van der Waals surface area contributed by atoms with Crippen molar-refractivity contribution in [3.63, 3.8) is 0 Å². The first-order valence-corrected chi connectivity index (χ1v) is 5.37. The minimum absolute atomic E-state index is 0.278. The van der Waals surface area contributed by atoms with Gasteiger partial charge < -0.3 is 4.74 Å². The molecule has 0 unspecified atom stereocenters. The number of ether oxygens (including phenoxy) is 1. The average molecular weight is 243 g/mol. The second-order valence-electron chi connectivity index (χ2n) is 2.66. The topological polar surface area (TPSA) is 43.4 Å². The van der Waals surface area contributed by atoms with Gasteiger partial charge in [0.15, 0.2) is 5.78 Å². The first-order valence-electron chi connectivity index (χ1n) is 4.99. The molecule has 4 heteroatoms. The molecule has 1 aromatic rings. The zero-order valence-electron chi connectivity index (χ0n) is 9.62. The number of carbonyl (C=O) groups excluding carboxylic acids is 2. The third-order valence-electron chi connectivity index (χ3n) is 1.71. The molecule has 0 aliphatic rings. The highest BCUT2D eigenvalue weighted by molar-refractivity contribution is 6.34. The van der Waals surface area contributed by atoms with E-state index in [1.54, 1.807) is 24.3 Å². The van der Waals surface area contributed by atoms with Gasteiger partial charge in [0.05, 0.1) is 12.1 Å². The van der Waals surface area contributed by atoms with E-state index in [4.69, 9.17) is 11.6 Å². The summed E-state index contributed by atoms with van der Waals surface area (Å²) < 4.78 is 4.38. The summed E-state index contributed by atoms with van der Waals surface area (Å²) in [5, 5.41) is 0.349. The van der Waals surface area contributed by atoms with Gasteiger partial charge in [-0.15, -0.1) is 0 Å². The molecule has 0 spiro atoms. The molecule has 0 radical (unpaired) electrons. The molecule has 3 nitrogen and oxygen atoms in total. The van der Waals surface area contributed by atoms with Crippen LogP contribution in [-0.4, -0.2) is 18.9 Å². The van der Waals surface area contributed by atoms with Crippen molar-refractivity contribution >= 4 is 23.4 Å². The fourth-order valence-electron chi connectivity index (χ4n) is 0.986. The Hall–Kier alpha value is -1.35. The van der Waals surface area contributed by atoms with Crippen LogP contribution < -0.4 is 0 Å². The molecule has 0 atom stereocenters. The lowest BCUT2D eigenvalue weighted by molar-refractivity contribution is -0.139. The zero-order chi connectivity index (χ0) is 12.6. The number of halogens is 1. The van der Waals surface area contributed by atoms with E-state index < -0.39 is 5.97 Å². The first-order chi connectivity index (χ1) is 7.65. The van der Waals surface area contributed by atoms with E-state index in [9.17, 15) is 9.59 Å². The molecule has 0 heterocycles. The lowest BCUT2D eigenvalue weighted by atomic mass is 10.1. The Kier molecular flexibility index (Phi) is 7.21. The first kappa shape index (κ1) is 14.6. The Morgan fingerprint density at radius 2 is 1.81 bits per heavy atom. The van der Waals surface area contributed by atoms with Crippen LogP contribution in [0, 0.1) is 0 Å². The number of esters is 1. The van der Waals surface area contributed by atoms with E-state index in [1.165, 1.54) is 7.11 Å². The summed E-state index contributed by atoms with van der Waals surface area (Å²) in [6.45, 7) is 4.00. The molecule has 0 aliphatic heterocycles. The van der Waals surface area contributed by atoms with Crippen LogP contribution in [0.5, 0.6) is 0 Å². The van der Waals surface area contributed by atoms with Crippen molar-refractivity contribution in [1.29, 1.82) is 0 Å². The van der Waals surface area contributed by atoms with Crippen molar-refractivity contribution < 1.29 is 14.3 Å². The maximum Gasteiger partial charge on any atom is 0.313 e. The predicted octanol–water partition coefficient (Wildman–Crippen LogP) is 3.11. The normalized spacial score (nSPS) is 8.75. The van der Waals surface area contributed by atoms with Gasteiger partial charge in [-0.2, -0.15) is 0 Å². The van der Waals surface area contributed by atoms with Crippen LogP contribution in [0.2, 0.25) is 5.02 Å². The second-order valence-corrected chi connectivity index (χ2v) is 3.06. The molecular formula is C12H15ClO3. The highest BCUT2D eigenvalue weighted by Gasteiger charge is 2.13. The number of hydrogen-bond acceptors (Lipinski definition) is 3. The monoisotopic (exact) mass is 242 g/mol. The Balaban J connectivity index is 0.00000106. The summed E-state index contributed by atoms with van der Waals surface area (Å²) in [7, 11) is 1.24. The van der Waals surface area contributed by atoms with Crippen LogP contribution in [0.25, 0.3) is 0 Å². The quantitative estimate of drug-likeness (QED) is 0.465. The molecule has 0 bridgehead atoms. The zero-order valence-corrected chi connectivity index (χ0v) is 10.4. The van der Waals surface area contributed by atoms with Gasteiger partial charge in [-0.1, -0.05) is 37.6 Å². The third kappa shape index (κ3) is 4.45. The van der Waals surface area contributed by atoms with E-state index in [0.717, 1.165) is 0 Å². The number of rotatable bonds is 3. The molecule has 1 aromatic carbocycles. The molecule has 0 saturated heterocycles. The predicted molar refractivity (Wildman–Crippen MR) is 63.8 cm³/mol. The number of ketones is 1. The van der Waals surface area contributed by atoms with Crippen LogP contribution in [0.3, 0.4) is 0 Å². The van der Waals surface area contributed by atoms with Gasteiger partial charge in [-0.3, -0.25) is 9.59 Å². The summed E-state index contributed by atoms with van der Waals surface area (Å²) in [4.78, 5) is 22.3. The maximum atomic E-state index is 11.4. The number of benzene rings is 1. The van der Waals surface area contributed by atoms with Crippen molar-refractivity contribution in [3.8, 4) is 0 Å². The largest absolute Gasteiger partial charge is 0.469 e. The van der Waals surface area contributed by atoms with Gasteiger partial charge in [0.2, 0.25) is 0 Å². The highest BCUT2D eigenvalue weighted by Crippen LogP contribution is 2.16. The maximum absolute atomic E-state index is 11.4. The Labute approximate surface area is 100 Å². The van der Waals surface area contributed by atoms with Gasteiger partial charge in [-0.05, 0) is 12.1 Å². The van der Waals surface area contributed by atoms with Gasteiger partial charge >= 0.3 is 5.97 Å². The Morgan fingerprint density at radius 1 is 1.25 bits per heavy atom. The molecule has 0 aromatic heterocycles. The van der Waals surface area contributed by atoms with Crippen molar-refractivity contribution in [1.82, 2.24) is 0 Å². The minimum atomic E-state index is -0.560. The van der Waals surface area contributed by atoms with E-state index >= 15 is 0 Å². The summed E-state index contributed by atoms with van der Waals surface area (Å²) in [5.41, 5.74) is 0.347. The summed E-state index contributed by atoms with van der Waals surface area (Å²) in [5.74, 6) is -0.891. The molecule has 0 N–H and O–H groups in total. The van der Waals surface area contributed by atoms with E-state index in [2.05, 4.69) is 4.74 Å². The van der Waals surface area contributed by atoms with Gasteiger partial charge in [0.25, 0.3) is 0 Å². The minimum Gasteiger partial charge on any atom is -0.469 e. The van der Waals surface area contributed by atoms with Crippen LogP contribution in [-0.2, 0) is 9.53 Å². The van der Waals surface area contributed by atoms with E-state index in [-0.39, 0.29) is 12.2 Å². The Morgan fingerprint density at radius 3 is 2.31 bits per heavy atom. The number of methoxy groups -OCH3 is 1. The SMILES string of the molecule is CC.COC(=O)CC(=O)c1ccccc1Cl. The fraction of sp³-hybridized carbons (Fsp3) is 0.333. The lowest BCUT2D eigenvalue weighted by Crippen LogP contribution is -2.09. The molecule has 88 valence electrons. The van der Waals surface area contributed by atoms with Crippen LogP contribution in [0.1, 0.15) is 30.6 Å². The highest BCUT2D eigenvalue weighted by atomic mass is 35.5. The molecule has 0 amide bonds. The van der Waals surface area contributed by atoms with Gasteiger partial charge in [0, 0.05) is 5.56 Å². The third-order valence-corrected chi connectivity index (χ3v) is 2.04. The van der Waals surface area contributed by atoms with Crippen LogP contribution in [0.15, 0.2) is 24.3 Å². The van der Waals surface area contributed by atoms with Crippen molar-refractivity contribution in [3.05, 3.63) is 34.9 Å². The summed E-state index contributed by atoms with van der Waals surface area (Å²) in [6.07, 6.45) is -0.278. The van der Waals surface area contributed by atoms with E-state index in [0.29, 0.717) is 10.6 Å². The molecule has 0 fully saturated rings. The fourth-order valence-corrected chi connectivity index (χ4v) is 1.23. The standard InChI is InChI=1S/C10H9ClO3.C2H6/c1-14-10(13)6-9(12)7-4-2-3-5-8(7)11;1-2/h2-5H,6H2,1H3;1-2H3. The lowest BCUT2D eigenvalue weighted by Gasteiger charge is -2.01. The summed E-state index contributed by atoms with van der Waals surface area (Å²) in [6, 6.07) is 6.59. The smallest absolute Gasteiger partial charge is 0.313 e. The number of hydrogen-bond donors (Lipinski definition) is 0. The second kappa shape index (κ2) is 7.88. The number of Topliss-reactive ketones (excluding diaryl/α,β-unsaturated/α-hetero) is 1. The average Bonchev–Trinajstić information content (AvgIpc) is 2.32. The molecule has 16 heavy (non-hydrogen) atoms. The van der Waals surface area contributed by atoms with Crippen LogP contribution in [0.4, 0.5) is 0 Å². The van der Waals surface area contributed by atoms with Crippen LogP contribution >= 0.6 is 11.6 Å². The molecule has 0 aliphatic carbocycles. The molecular weight excluding hydrogens is 228 g/mol. The Bertz CT molecular complexity index is 361. The van der Waals surface area contributed by atoms with Crippen molar-refractivity contribution in [2.75, 3.05) is 7.11 Å². The molecule has 1 rings (SSSR count). The van der Waals surface area contributed by atoms with Crippen molar-refractivity contribution in [2.45, 2.75) is 20.3 Å². The molecule has 0 saturated carbocycles. The van der Waals surface area contributed by atoms with Gasteiger partial charge in [0.1, 0.15) is 6.42 Å². The van der Waals surface area contributed by atoms with Crippen molar-refractivity contribution in [2.24, 2.45) is 0 Å². The van der Waals surface area contributed by atoms with E-state index in [1.807, 2.05) is 13.8 Å². The summed E-state index contributed by atoms with van der Waals surface area (Å²) >= 11 is 5.77. The van der Waals surface area contributed by atoms with Gasteiger partial charge in [-0.25, -0.2) is 0 Å².